The van der Waals surface area contributed by atoms with Crippen molar-refractivity contribution in [3.63, 3.8) is 0 Å². The lowest BCUT2D eigenvalue weighted by molar-refractivity contribution is -0.111. The molecule has 1 heterocycles. The summed E-state index contributed by atoms with van der Waals surface area (Å²) in [6.07, 6.45) is 8.37. The summed E-state index contributed by atoms with van der Waals surface area (Å²) in [5.41, 5.74) is 2.83. The number of alkyl halides is 2. The quantitative estimate of drug-likeness (QED) is 0.691. The van der Waals surface area contributed by atoms with Gasteiger partial charge in [-0.2, -0.15) is 0 Å². The van der Waals surface area contributed by atoms with Crippen molar-refractivity contribution in [1.29, 1.82) is 0 Å². The van der Waals surface area contributed by atoms with Gasteiger partial charge in [0.05, 0.1) is 0 Å². The first-order valence-corrected chi connectivity index (χ1v) is 9.04. The molecule has 0 unspecified atom stereocenters. The van der Waals surface area contributed by atoms with E-state index >= 15 is 0 Å². The third-order valence-corrected chi connectivity index (χ3v) is 5.02. The van der Waals surface area contributed by atoms with Gasteiger partial charge >= 0.3 is 0 Å². The van der Waals surface area contributed by atoms with E-state index in [1.165, 1.54) is 6.08 Å². The van der Waals surface area contributed by atoms with E-state index in [4.69, 9.17) is 0 Å². The number of aryl methyl sites for hydroxylation is 1. The third kappa shape index (κ3) is 4.03. The molecule has 1 aliphatic rings. The van der Waals surface area contributed by atoms with Crippen LogP contribution in [0.4, 0.5) is 14.5 Å². The maximum atomic E-state index is 13.3. The van der Waals surface area contributed by atoms with Gasteiger partial charge in [0.1, 0.15) is 0 Å². The number of benzene rings is 1. The van der Waals surface area contributed by atoms with Gasteiger partial charge in [0.2, 0.25) is 11.8 Å². The van der Waals surface area contributed by atoms with E-state index in [1.807, 2.05) is 24.3 Å². The Morgan fingerprint density at radius 1 is 1.38 bits per heavy atom. The highest BCUT2D eigenvalue weighted by Gasteiger charge is 2.33. The van der Waals surface area contributed by atoms with Crippen molar-refractivity contribution >= 4 is 28.6 Å². The normalized spacial score (nSPS) is 17.7. The van der Waals surface area contributed by atoms with E-state index < -0.39 is 5.92 Å². The fourth-order valence-electron chi connectivity index (χ4n) is 3.48. The molecule has 0 aliphatic heterocycles. The number of aromatic nitrogens is 1. The number of fused-ring (bicyclic) bond motifs is 1. The number of rotatable bonds is 5. The molecule has 5 heteroatoms. The zero-order valence-corrected chi connectivity index (χ0v) is 15.0. The Balaban J connectivity index is 1.86. The Hall–Kier alpha value is -2.43. The molecule has 1 aromatic heterocycles. The second-order valence-electron chi connectivity index (χ2n) is 6.85. The van der Waals surface area contributed by atoms with Crippen LogP contribution in [0.25, 0.3) is 17.0 Å². The molecule has 26 heavy (non-hydrogen) atoms. The molecule has 0 saturated heterocycles. The number of nitrogens with zero attached hydrogens (tertiary/aromatic N) is 1. The lowest BCUT2D eigenvalue weighted by Gasteiger charge is -2.26. The van der Waals surface area contributed by atoms with Gasteiger partial charge in [0.15, 0.2) is 0 Å². The number of nitrogens with one attached hydrogen (secondary N) is 1. The lowest BCUT2D eigenvalue weighted by Crippen LogP contribution is -2.23. The second kappa shape index (κ2) is 7.44. The second-order valence-corrected chi connectivity index (χ2v) is 6.85. The van der Waals surface area contributed by atoms with Crippen LogP contribution in [0.2, 0.25) is 0 Å². The minimum Gasteiger partial charge on any atom is -0.347 e. The van der Waals surface area contributed by atoms with Crippen molar-refractivity contribution in [2.75, 3.05) is 5.32 Å². The van der Waals surface area contributed by atoms with Gasteiger partial charge in [0.25, 0.3) is 0 Å². The van der Waals surface area contributed by atoms with Gasteiger partial charge < -0.3 is 9.88 Å². The molecule has 0 radical (unpaired) electrons. The SMILES string of the molecule is C=CC(=O)Nc1ccc2c(c1)c(/C=C/C1CCC(F)(F)CC1)cn2CC. The van der Waals surface area contributed by atoms with Crippen molar-refractivity contribution < 1.29 is 13.6 Å². The Kier molecular flexibility index (Phi) is 5.25. The molecule has 1 amide bonds. The van der Waals surface area contributed by atoms with Crippen LogP contribution < -0.4 is 5.32 Å². The number of halogens is 2. The molecule has 1 saturated carbocycles. The first kappa shape index (κ1) is 18.4. The van der Waals surface area contributed by atoms with Crippen molar-refractivity contribution in [3.8, 4) is 0 Å². The zero-order chi connectivity index (χ0) is 18.7. The summed E-state index contributed by atoms with van der Waals surface area (Å²) in [6.45, 7) is 6.37. The Labute approximate surface area is 152 Å². The number of carbonyl (C=O) groups is 1. The van der Waals surface area contributed by atoms with Crippen molar-refractivity contribution in [3.05, 3.63) is 48.7 Å². The minimum atomic E-state index is -2.50. The maximum Gasteiger partial charge on any atom is 0.248 e. The number of anilines is 1. The van der Waals surface area contributed by atoms with Gasteiger partial charge in [-0.1, -0.05) is 18.7 Å². The number of hydrogen-bond acceptors (Lipinski definition) is 1. The van der Waals surface area contributed by atoms with Crippen LogP contribution in [-0.2, 0) is 11.3 Å². The van der Waals surface area contributed by atoms with E-state index in [0.717, 1.165) is 23.0 Å². The van der Waals surface area contributed by atoms with Crippen LogP contribution in [0.5, 0.6) is 0 Å². The summed E-state index contributed by atoms with van der Waals surface area (Å²) in [5, 5.41) is 3.81. The summed E-state index contributed by atoms with van der Waals surface area (Å²) in [4.78, 5) is 11.5. The molecule has 2 aromatic rings. The average Bonchev–Trinajstić information content (AvgIpc) is 2.98. The van der Waals surface area contributed by atoms with Crippen LogP contribution in [0.15, 0.2) is 43.1 Å². The average molecular weight is 358 g/mol. The molecule has 138 valence electrons. The number of allylic oxidation sites excluding steroid dienone is 1. The van der Waals surface area contributed by atoms with Crippen LogP contribution in [0.1, 0.15) is 38.2 Å². The molecule has 3 nitrogen and oxygen atoms in total. The van der Waals surface area contributed by atoms with Crippen LogP contribution >= 0.6 is 0 Å². The van der Waals surface area contributed by atoms with Gasteiger partial charge in [0, 0.05) is 42.2 Å². The van der Waals surface area contributed by atoms with E-state index in [-0.39, 0.29) is 24.7 Å². The zero-order valence-electron chi connectivity index (χ0n) is 15.0. The van der Waals surface area contributed by atoms with Crippen LogP contribution in [-0.4, -0.2) is 16.4 Å². The van der Waals surface area contributed by atoms with Crippen LogP contribution in [0.3, 0.4) is 0 Å². The van der Waals surface area contributed by atoms with Gasteiger partial charge in [-0.25, -0.2) is 8.78 Å². The standard InChI is InChI=1S/C21H24F2N2O/c1-3-20(26)24-17-7-8-19-18(13-17)16(14-25(19)4-2)6-5-15-9-11-21(22,23)12-10-15/h3,5-8,13-15H,1,4,9-12H2,2H3,(H,24,26)/b6-5+. The largest absolute Gasteiger partial charge is 0.347 e. The molecule has 0 atom stereocenters. The summed E-state index contributed by atoms with van der Waals surface area (Å²) >= 11 is 0. The van der Waals surface area contributed by atoms with E-state index in [1.54, 1.807) is 0 Å². The number of amides is 1. The molecule has 1 aliphatic carbocycles. The van der Waals surface area contributed by atoms with E-state index in [0.29, 0.717) is 18.5 Å². The predicted molar refractivity (Wildman–Crippen MR) is 102 cm³/mol. The molecule has 0 bridgehead atoms. The van der Waals surface area contributed by atoms with Crippen LogP contribution in [0, 0.1) is 5.92 Å². The Morgan fingerprint density at radius 2 is 2.12 bits per heavy atom. The molecular formula is C21H24F2N2O. The molecule has 0 spiro atoms. The fraction of sp³-hybridized carbons (Fsp3) is 0.381. The highest BCUT2D eigenvalue weighted by atomic mass is 19.3. The van der Waals surface area contributed by atoms with E-state index in [9.17, 15) is 13.6 Å². The molecule has 1 aromatic carbocycles. The summed E-state index contributed by atoms with van der Waals surface area (Å²) in [6, 6.07) is 5.79. The molecule has 1 fully saturated rings. The summed E-state index contributed by atoms with van der Waals surface area (Å²) in [5.74, 6) is -2.56. The predicted octanol–water partition coefficient (Wildman–Crippen LogP) is 5.62. The summed E-state index contributed by atoms with van der Waals surface area (Å²) in [7, 11) is 0. The number of carbonyl (C=O) groups excluding carboxylic acids is 1. The smallest absolute Gasteiger partial charge is 0.248 e. The Bertz CT molecular complexity index is 841. The maximum absolute atomic E-state index is 13.3. The Morgan fingerprint density at radius 3 is 2.77 bits per heavy atom. The monoisotopic (exact) mass is 358 g/mol. The minimum absolute atomic E-state index is 0.0313. The molecule has 3 rings (SSSR count). The van der Waals surface area contributed by atoms with Gasteiger partial charge in [-0.3, -0.25) is 4.79 Å². The fourth-order valence-corrected chi connectivity index (χ4v) is 3.48. The van der Waals surface area contributed by atoms with E-state index in [2.05, 4.69) is 35.7 Å². The lowest BCUT2D eigenvalue weighted by atomic mass is 9.86. The van der Waals surface area contributed by atoms with Crippen molar-refractivity contribution in [2.24, 2.45) is 5.92 Å². The van der Waals surface area contributed by atoms with Crippen molar-refractivity contribution in [1.82, 2.24) is 4.57 Å². The highest BCUT2D eigenvalue weighted by molar-refractivity contribution is 6.01. The highest BCUT2D eigenvalue weighted by Crippen LogP contribution is 2.37. The first-order valence-electron chi connectivity index (χ1n) is 9.04. The topological polar surface area (TPSA) is 34.0 Å². The number of hydrogen-bond donors (Lipinski definition) is 1. The first-order chi connectivity index (χ1) is 12.4. The van der Waals surface area contributed by atoms with Crippen molar-refractivity contribution in [2.45, 2.75) is 45.1 Å². The molecular weight excluding hydrogens is 334 g/mol. The summed E-state index contributed by atoms with van der Waals surface area (Å²) < 4.78 is 28.8. The van der Waals surface area contributed by atoms with Gasteiger partial charge in [-0.05, 0) is 55.5 Å². The third-order valence-electron chi connectivity index (χ3n) is 5.02. The molecule has 1 N–H and O–H groups in total. The van der Waals surface area contributed by atoms with Gasteiger partial charge in [-0.15, -0.1) is 0 Å².